The zero-order valence-corrected chi connectivity index (χ0v) is 13.4. The van der Waals surface area contributed by atoms with Gasteiger partial charge in [0.1, 0.15) is 0 Å². The third-order valence-corrected chi connectivity index (χ3v) is 3.62. The molecule has 0 atom stereocenters. The van der Waals surface area contributed by atoms with Crippen molar-refractivity contribution in [1.29, 1.82) is 0 Å². The smallest absolute Gasteiger partial charge is 0.277 e. The van der Waals surface area contributed by atoms with Crippen LogP contribution in [0.1, 0.15) is 21.6 Å². The fraction of sp³-hybridized carbons (Fsp3) is 0.118. The maximum atomic E-state index is 12.2. The monoisotopic (exact) mass is 337 g/mol. The summed E-state index contributed by atoms with van der Waals surface area (Å²) in [5.41, 5.74) is 1.98. The second-order valence-electron chi connectivity index (χ2n) is 5.50. The highest BCUT2D eigenvalue weighted by Gasteiger charge is 2.15. The zero-order chi connectivity index (χ0) is 17.8. The SMILES string of the molecule is Cc1ccc(NC(=O)c2cn(Cc3ccccc3)nn2)cc1[N+](=O)[O-]. The quantitative estimate of drug-likeness (QED) is 0.569. The molecule has 1 aromatic heterocycles. The topological polar surface area (TPSA) is 103 Å². The Kier molecular flexibility index (Phi) is 4.51. The van der Waals surface area contributed by atoms with Gasteiger partial charge < -0.3 is 5.32 Å². The van der Waals surface area contributed by atoms with Crippen LogP contribution in [0.15, 0.2) is 54.7 Å². The molecule has 0 saturated heterocycles. The van der Waals surface area contributed by atoms with Crippen LogP contribution in [0.5, 0.6) is 0 Å². The molecule has 25 heavy (non-hydrogen) atoms. The van der Waals surface area contributed by atoms with Gasteiger partial charge in [0.05, 0.1) is 17.7 Å². The van der Waals surface area contributed by atoms with Crippen LogP contribution in [0.25, 0.3) is 0 Å². The summed E-state index contributed by atoms with van der Waals surface area (Å²) in [4.78, 5) is 22.7. The molecule has 0 spiro atoms. The summed E-state index contributed by atoms with van der Waals surface area (Å²) in [7, 11) is 0. The highest BCUT2D eigenvalue weighted by Crippen LogP contribution is 2.22. The average molecular weight is 337 g/mol. The molecule has 0 radical (unpaired) electrons. The molecular formula is C17H15N5O3. The Labute approximate surface area is 143 Å². The van der Waals surface area contributed by atoms with Crippen LogP contribution in [-0.2, 0) is 6.54 Å². The Bertz CT molecular complexity index is 921. The number of hydrogen-bond acceptors (Lipinski definition) is 5. The van der Waals surface area contributed by atoms with Crippen LogP contribution in [0.2, 0.25) is 0 Å². The van der Waals surface area contributed by atoms with Gasteiger partial charge in [-0.05, 0) is 18.6 Å². The zero-order valence-electron chi connectivity index (χ0n) is 13.4. The molecule has 0 aliphatic heterocycles. The number of anilines is 1. The third-order valence-electron chi connectivity index (χ3n) is 3.62. The minimum atomic E-state index is -0.485. The molecule has 0 aliphatic carbocycles. The summed E-state index contributed by atoms with van der Waals surface area (Å²) in [6, 6.07) is 14.2. The first-order chi connectivity index (χ1) is 12.0. The number of carbonyl (C=O) groups is 1. The van der Waals surface area contributed by atoms with Crippen LogP contribution in [0, 0.1) is 17.0 Å². The first-order valence-electron chi connectivity index (χ1n) is 7.53. The molecule has 0 saturated carbocycles. The van der Waals surface area contributed by atoms with Crippen molar-refractivity contribution in [3.63, 3.8) is 0 Å². The van der Waals surface area contributed by atoms with Crippen molar-refractivity contribution >= 4 is 17.3 Å². The van der Waals surface area contributed by atoms with E-state index in [1.807, 2.05) is 30.3 Å². The molecule has 126 valence electrons. The van der Waals surface area contributed by atoms with E-state index in [1.54, 1.807) is 23.7 Å². The maximum Gasteiger partial charge on any atom is 0.277 e. The molecular weight excluding hydrogens is 322 g/mol. The van der Waals surface area contributed by atoms with E-state index in [0.29, 0.717) is 17.8 Å². The molecule has 1 N–H and O–H groups in total. The van der Waals surface area contributed by atoms with E-state index in [2.05, 4.69) is 15.6 Å². The fourth-order valence-corrected chi connectivity index (χ4v) is 2.33. The molecule has 3 aromatic rings. The van der Waals surface area contributed by atoms with Crippen molar-refractivity contribution in [3.05, 3.63) is 81.7 Å². The van der Waals surface area contributed by atoms with E-state index in [-0.39, 0.29) is 11.4 Å². The number of hydrogen-bond donors (Lipinski definition) is 1. The average Bonchev–Trinajstić information content (AvgIpc) is 3.06. The molecule has 1 amide bonds. The van der Waals surface area contributed by atoms with Crippen LogP contribution in [-0.4, -0.2) is 25.8 Å². The summed E-state index contributed by atoms with van der Waals surface area (Å²) in [5, 5.41) is 21.4. The van der Waals surface area contributed by atoms with Gasteiger partial charge in [-0.1, -0.05) is 41.6 Å². The van der Waals surface area contributed by atoms with Gasteiger partial charge in [0.15, 0.2) is 5.69 Å². The van der Waals surface area contributed by atoms with Gasteiger partial charge >= 0.3 is 0 Å². The summed E-state index contributed by atoms with van der Waals surface area (Å²) in [6.45, 7) is 2.13. The first-order valence-corrected chi connectivity index (χ1v) is 7.53. The lowest BCUT2D eigenvalue weighted by molar-refractivity contribution is -0.385. The molecule has 2 aromatic carbocycles. The standard InChI is InChI=1S/C17H15N5O3/c1-12-7-8-14(9-16(12)22(24)25)18-17(23)15-11-21(20-19-15)10-13-5-3-2-4-6-13/h2-9,11H,10H2,1H3,(H,18,23). The summed E-state index contributed by atoms with van der Waals surface area (Å²) < 4.78 is 1.56. The Balaban J connectivity index is 1.72. The molecule has 0 fully saturated rings. The molecule has 0 bridgehead atoms. The number of benzene rings is 2. The Morgan fingerprint density at radius 2 is 2.00 bits per heavy atom. The highest BCUT2D eigenvalue weighted by atomic mass is 16.6. The van der Waals surface area contributed by atoms with Crippen LogP contribution >= 0.6 is 0 Å². The van der Waals surface area contributed by atoms with Crippen molar-refractivity contribution in [1.82, 2.24) is 15.0 Å². The maximum absolute atomic E-state index is 12.2. The van der Waals surface area contributed by atoms with Gasteiger partial charge in [0.25, 0.3) is 11.6 Å². The van der Waals surface area contributed by atoms with Crippen molar-refractivity contribution in [3.8, 4) is 0 Å². The van der Waals surface area contributed by atoms with Crippen LogP contribution in [0.4, 0.5) is 11.4 Å². The van der Waals surface area contributed by atoms with Gasteiger partial charge in [-0.3, -0.25) is 14.9 Å². The van der Waals surface area contributed by atoms with E-state index >= 15 is 0 Å². The number of nitro benzene ring substituents is 1. The van der Waals surface area contributed by atoms with E-state index in [1.165, 1.54) is 12.3 Å². The van der Waals surface area contributed by atoms with Crippen molar-refractivity contribution < 1.29 is 9.72 Å². The number of aryl methyl sites for hydroxylation is 1. The molecule has 3 rings (SSSR count). The molecule has 8 nitrogen and oxygen atoms in total. The lowest BCUT2D eigenvalue weighted by Crippen LogP contribution is -2.12. The predicted octanol–water partition coefficient (Wildman–Crippen LogP) is 2.80. The molecule has 8 heteroatoms. The Morgan fingerprint density at radius 1 is 1.24 bits per heavy atom. The second-order valence-corrected chi connectivity index (χ2v) is 5.50. The molecule has 1 heterocycles. The van der Waals surface area contributed by atoms with Gasteiger partial charge in [0, 0.05) is 17.3 Å². The number of nitrogens with zero attached hydrogens (tertiary/aromatic N) is 4. The van der Waals surface area contributed by atoms with Gasteiger partial charge in [-0.25, -0.2) is 4.68 Å². The normalized spacial score (nSPS) is 10.4. The van der Waals surface area contributed by atoms with E-state index in [0.717, 1.165) is 5.56 Å². The van der Waals surface area contributed by atoms with E-state index in [9.17, 15) is 14.9 Å². The van der Waals surface area contributed by atoms with E-state index < -0.39 is 10.8 Å². The van der Waals surface area contributed by atoms with Crippen molar-refractivity contribution in [2.75, 3.05) is 5.32 Å². The van der Waals surface area contributed by atoms with Crippen LogP contribution < -0.4 is 5.32 Å². The summed E-state index contributed by atoms with van der Waals surface area (Å²) in [5.74, 6) is -0.475. The number of carbonyl (C=O) groups excluding carboxylic acids is 1. The summed E-state index contributed by atoms with van der Waals surface area (Å²) in [6.07, 6.45) is 1.53. The van der Waals surface area contributed by atoms with E-state index in [4.69, 9.17) is 0 Å². The Hall–Kier alpha value is -3.55. The number of amides is 1. The number of rotatable bonds is 5. The second kappa shape index (κ2) is 6.91. The van der Waals surface area contributed by atoms with Gasteiger partial charge in [0.2, 0.25) is 0 Å². The van der Waals surface area contributed by atoms with Gasteiger partial charge in [-0.15, -0.1) is 5.10 Å². The number of aromatic nitrogens is 3. The number of nitrogens with one attached hydrogen (secondary N) is 1. The summed E-state index contributed by atoms with van der Waals surface area (Å²) >= 11 is 0. The van der Waals surface area contributed by atoms with Crippen molar-refractivity contribution in [2.24, 2.45) is 0 Å². The fourth-order valence-electron chi connectivity index (χ4n) is 2.33. The Morgan fingerprint density at radius 3 is 2.72 bits per heavy atom. The lowest BCUT2D eigenvalue weighted by atomic mass is 10.2. The molecule has 0 aliphatic rings. The first kappa shape index (κ1) is 16.3. The predicted molar refractivity (Wildman–Crippen MR) is 91.4 cm³/mol. The minimum Gasteiger partial charge on any atom is -0.320 e. The largest absolute Gasteiger partial charge is 0.320 e. The van der Waals surface area contributed by atoms with Gasteiger partial charge in [-0.2, -0.15) is 0 Å². The molecule has 0 unspecified atom stereocenters. The van der Waals surface area contributed by atoms with Crippen molar-refractivity contribution in [2.45, 2.75) is 13.5 Å². The van der Waals surface area contributed by atoms with Crippen LogP contribution in [0.3, 0.4) is 0 Å². The third kappa shape index (κ3) is 3.86. The minimum absolute atomic E-state index is 0.0504. The lowest BCUT2D eigenvalue weighted by Gasteiger charge is -2.04. The highest BCUT2D eigenvalue weighted by molar-refractivity contribution is 6.02. The number of nitro groups is 1.